The van der Waals surface area contributed by atoms with E-state index in [1.54, 1.807) is 11.6 Å². The van der Waals surface area contributed by atoms with Gasteiger partial charge in [-0.25, -0.2) is 4.79 Å². The smallest absolute Gasteiger partial charge is 0.307 e. The number of nitrogens with one attached hydrogen (secondary N) is 2. The fraction of sp³-hybridized carbons (Fsp3) is 0.286. The molecule has 1 unspecified atom stereocenters. The van der Waals surface area contributed by atoms with Crippen LogP contribution in [0.5, 0.6) is 0 Å². The van der Waals surface area contributed by atoms with Crippen LogP contribution in [0.2, 0.25) is 0 Å². The van der Waals surface area contributed by atoms with E-state index < -0.39 is 17.2 Å². The number of imide groups is 1. The number of benzene rings is 2. The molecule has 0 aliphatic carbocycles. The van der Waals surface area contributed by atoms with Gasteiger partial charge in [-0.05, 0) is 67.8 Å². The van der Waals surface area contributed by atoms with Crippen LogP contribution in [0.4, 0.5) is 10.5 Å². The number of anilines is 1. The zero-order valence-corrected chi connectivity index (χ0v) is 18.4. The van der Waals surface area contributed by atoms with Crippen molar-refractivity contribution in [3.63, 3.8) is 0 Å². The van der Waals surface area contributed by atoms with Gasteiger partial charge in [0.05, 0.1) is 10.9 Å². The average molecular weight is 425 g/mol. The van der Waals surface area contributed by atoms with Crippen LogP contribution in [0.25, 0.3) is 5.69 Å². The molecule has 156 valence electrons. The Labute approximate surface area is 179 Å². The predicted octanol–water partition coefficient (Wildman–Crippen LogP) is 3.72. The van der Waals surface area contributed by atoms with E-state index in [-0.39, 0.29) is 0 Å². The number of carbonyl (C=O) groups is 2. The number of aryl methyl sites for hydroxylation is 4. The van der Waals surface area contributed by atoms with Gasteiger partial charge in [-0.15, -0.1) is 5.10 Å². The average Bonchev–Trinajstić information content (AvgIpc) is 3.11. The number of thioether (sulfide) groups is 1. The van der Waals surface area contributed by atoms with Gasteiger partial charge < -0.3 is 5.32 Å². The number of nitrogens with zero attached hydrogens (tertiary/aromatic N) is 4. The lowest BCUT2D eigenvalue weighted by molar-refractivity contribution is -0.119. The summed E-state index contributed by atoms with van der Waals surface area (Å²) in [6.07, 6.45) is 0. The number of para-hydroxylation sites is 1. The zero-order chi connectivity index (χ0) is 21.8. The Bertz CT molecular complexity index is 1070. The highest BCUT2D eigenvalue weighted by Crippen LogP contribution is 2.26. The highest BCUT2D eigenvalue weighted by molar-refractivity contribution is 8.00. The molecule has 8 nitrogen and oxygen atoms in total. The van der Waals surface area contributed by atoms with Crippen molar-refractivity contribution >= 4 is 29.4 Å². The lowest BCUT2D eigenvalue weighted by Gasteiger charge is -2.14. The van der Waals surface area contributed by atoms with Gasteiger partial charge in [0.1, 0.15) is 0 Å². The first kappa shape index (κ1) is 21.5. The largest absolute Gasteiger partial charge is 0.325 e. The number of aromatic nitrogens is 4. The summed E-state index contributed by atoms with van der Waals surface area (Å²) >= 11 is 1.19. The Hall–Kier alpha value is -3.20. The molecule has 0 saturated heterocycles. The fourth-order valence-corrected chi connectivity index (χ4v) is 3.86. The molecular weight excluding hydrogens is 400 g/mol. The molecule has 0 bridgehead atoms. The van der Waals surface area contributed by atoms with Crippen LogP contribution in [0.3, 0.4) is 0 Å². The van der Waals surface area contributed by atoms with Crippen molar-refractivity contribution in [2.75, 3.05) is 5.32 Å². The topological polar surface area (TPSA) is 102 Å². The first-order chi connectivity index (χ1) is 14.3. The summed E-state index contributed by atoms with van der Waals surface area (Å²) in [6.45, 7) is 9.54. The number of carbonyl (C=O) groups excluding carboxylic acids is 2. The lowest BCUT2D eigenvalue weighted by atomic mass is 10.1. The third-order valence-corrected chi connectivity index (χ3v) is 5.64. The van der Waals surface area contributed by atoms with Crippen LogP contribution in [0, 0.1) is 27.7 Å². The maximum Gasteiger partial charge on any atom is 0.325 e. The molecule has 2 aromatic carbocycles. The van der Waals surface area contributed by atoms with Crippen molar-refractivity contribution in [1.82, 2.24) is 25.5 Å². The minimum Gasteiger partial charge on any atom is -0.307 e. The second kappa shape index (κ2) is 9.08. The van der Waals surface area contributed by atoms with Gasteiger partial charge in [0.25, 0.3) is 0 Å². The molecule has 3 aromatic rings. The van der Waals surface area contributed by atoms with E-state index in [0.29, 0.717) is 10.8 Å². The van der Waals surface area contributed by atoms with E-state index in [2.05, 4.69) is 26.2 Å². The summed E-state index contributed by atoms with van der Waals surface area (Å²) in [7, 11) is 0. The van der Waals surface area contributed by atoms with E-state index >= 15 is 0 Å². The molecular formula is C21H24N6O2S. The van der Waals surface area contributed by atoms with Gasteiger partial charge in [0.15, 0.2) is 0 Å². The van der Waals surface area contributed by atoms with Crippen molar-refractivity contribution in [2.45, 2.75) is 45.0 Å². The molecule has 1 atom stereocenters. The number of amides is 3. The number of hydrogen-bond acceptors (Lipinski definition) is 6. The number of tetrazole rings is 1. The Morgan fingerprint density at radius 3 is 2.40 bits per heavy atom. The van der Waals surface area contributed by atoms with Crippen LogP contribution in [-0.2, 0) is 4.79 Å². The van der Waals surface area contributed by atoms with Gasteiger partial charge in [-0.3, -0.25) is 10.1 Å². The van der Waals surface area contributed by atoms with Crippen LogP contribution in [0.1, 0.15) is 29.2 Å². The standard InChI is InChI=1S/C21H24N6O2S/c1-12-9-10-17(15(4)11-12)22-20(29)23-19(28)16(5)30-21-24-25-26-27(21)18-13(2)7-6-8-14(18)3/h6-11,16H,1-5H3,(H2,22,23,28,29). The fourth-order valence-electron chi connectivity index (χ4n) is 3.07. The van der Waals surface area contributed by atoms with Crippen LogP contribution >= 0.6 is 11.8 Å². The minimum atomic E-state index is -0.580. The molecule has 0 saturated carbocycles. The molecule has 0 radical (unpaired) electrons. The summed E-state index contributed by atoms with van der Waals surface area (Å²) in [5.74, 6) is -0.432. The molecule has 9 heteroatoms. The molecule has 2 N–H and O–H groups in total. The molecule has 1 heterocycles. The molecule has 0 aliphatic heterocycles. The summed E-state index contributed by atoms with van der Waals surface area (Å²) in [4.78, 5) is 24.8. The highest BCUT2D eigenvalue weighted by Gasteiger charge is 2.22. The third kappa shape index (κ3) is 4.85. The van der Waals surface area contributed by atoms with Crippen LogP contribution in [0.15, 0.2) is 41.6 Å². The molecule has 0 spiro atoms. The van der Waals surface area contributed by atoms with Crippen molar-refractivity contribution in [2.24, 2.45) is 0 Å². The van der Waals surface area contributed by atoms with Crippen LogP contribution in [-0.4, -0.2) is 37.4 Å². The minimum absolute atomic E-state index is 0.432. The number of hydrogen-bond donors (Lipinski definition) is 2. The van der Waals surface area contributed by atoms with E-state index in [1.165, 1.54) is 11.8 Å². The summed E-state index contributed by atoms with van der Waals surface area (Å²) < 4.78 is 1.62. The number of urea groups is 1. The zero-order valence-electron chi connectivity index (χ0n) is 17.6. The normalized spacial score (nSPS) is 11.8. The molecule has 0 fully saturated rings. The quantitative estimate of drug-likeness (QED) is 0.605. The van der Waals surface area contributed by atoms with Gasteiger partial charge in [0.2, 0.25) is 11.1 Å². The Morgan fingerprint density at radius 2 is 1.73 bits per heavy atom. The second-order valence-electron chi connectivity index (χ2n) is 7.14. The summed E-state index contributed by atoms with van der Waals surface area (Å²) in [5, 5.41) is 16.9. The maximum atomic E-state index is 12.5. The van der Waals surface area contributed by atoms with Crippen molar-refractivity contribution in [1.29, 1.82) is 0 Å². The molecule has 3 rings (SSSR count). The predicted molar refractivity (Wildman–Crippen MR) is 117 cm³/mol. The lowest BCUT2D eigenvalue weighted by Crippen LogP contribution is -2.39. The van der Waals surface area contributed by atoms with Crippen molar-refractivity contribution in [3.8, 4) is 5.69 Å². The maximum absolute atomic E-state index is 12.5. The second-order valence-corrected chi connectivity index (χ2v) is 8.44. The highest BCUT2D eigenvalue weighted by atomic mass is 32.2. The number of rotatable bonds is 5. The Kier molecular flexibility index (Phi) is 6.51. The van der Waals surface area contributed by atoms with E-state index in [4.69, 9.17) is 0 Å². The molecule has 0 aliphatic rings. The Morgan fingerprint density at radius 1 is 1.03 bits per heavy atom. The van der Waals surface area contributed by atoms with Gasteiger partial charge >= 0.3 is 6.03 Å². The van der Waals surface area contributed by atoms with Crippen LogP contribution < -0.4 is 10.6 Å². The summed E-state index contributed by atoms with van der Waals surface area (Å²) in [6, 6.07) is 11.0. The van der Waals surface area contributed by atoms with Crippen molar-refractivity contribution < 1.29 is 9.59 Å². The molecule has 3 amide bonds. The SMILES string of the molecule is Cc1ccc(NC(=O)NC(=O)C(C)Sc2nnnn2-c2c(C)cccc2C)c(C)c1. The molecule has 1 aromatic heterocycles. The Balaban J connectivity index is 1.67. The van der Waals surface area contributed by atoms with E-state index in [0.717, 1.165) is 27.9 Å². The van der Waals surface area contributed by atoms with E-state index in [9.17, 15) is 9.59 Å². The van der Waals surface area contributed by atoms with Gasteiger partial charge in [0, 0.05) is 5.69 Å². The first-order valence-electron chi connectivity index (χ1n) is 9.47. The van der Waals surface area contributed by atoms with Crippen molar-refractivity contribution in [3.05, 3.63) is 58.7 Å². The van der Waals surface area contributed by atoms with E-state index in [1.807, 2.05) is 64.1 Å². The molecule has 30 heavy (non-hydrogen) atoms. The van der Waals surface area contributed by atoms with Gasteiger partial charge in [-0.1, -0.05) is 47.7 Å². The summed E-state index contributed by atoms with van der Waals surface area (Å²) in [5.41, 5.74) is 5.60. The third-order valence-electron chi connectivity index (χ3n) is 4.61. The first-order valence-corrected chi connectivity index (χ1v) is 10.3. The monoisotopic (exact) mass is 424 g/mol. The van der Waals surface area contributed by atoms with Gasteiger partial charge in [-0.2, -0.15) is 4.68 Å².